The lowest BCUT2D eigenvalue weighted by atomic mass is 9.90. The van der Waals surface area contributed by atoms with E-state index in [-0.39, 0.29) is 69.3 Å². The van der Waals surface area contributed by atoms with Crippen LogP contribution in [0.15, 0.2) is 63.8 Å². The number of hydrogen-bond acceptors (Lipinski definition) is 18. The molecule has 2 heterocycles. The highest BCUT2D eigenvalue weighted by atomic mass is 32.2. The number of thioether (sulfide) groups is 3. The largest absolute Gasteiger partial charge is 0.508 e. The number of aliphatic carboxylic acids is 2. The summed E-state index contributed by atoms with van der Waals surface area (Å²) in [6.07, 6.45) is -6.32. The summed E-state index contributed by atoms with van der Waals surface area (Å²) in [4.78, 5) is 72.7. The monoisotopic (exact) mass is 1010 g/mol. The van der Waals surface area contributed by atoms with Crippen molar-refractivity contribution in [2.45, 2.75) is 60.0 Å². The van der Waals surface area contributed by atoms with Gasteiger partial charge >= 0.3 is 17.9 Å². The Morgan fingerprint density at radius 3 is 2.33 bits per heavy atom. The molecule has 2 amide bonds. The Morgan fingerprint density at radius 1 is 0.881 bits per heavy atom. The number of carboxylic acid groups (broad SMARTS) is 3. The number of anilines is 1. The molecule has 8 atom stereocenters. The van der Waals surface area contributed by atoms with Crippen molar-refractivity contribution < 1.29 is 74.0 Å². The molecule has 5 rings (SSSR count). The van der Waals surface area contributed by atoms with Crippen LogP contribution in [0.1, 0.15) is 23.2 Å². The maximum absolute atomic E-state index is 12.9. The van der Waals surface area contributed by atoms with Crippen molar-refractivity contribution in [2.75, 3.05) is 48.0 Å². The van der Waals surface area contributed by atoms with E-state index in [0.717, 1.165) is 11.8 Å². The fraction of sp³-hybridized carbons (Fsp3) is 0.405. The SMILES string of the molecule is N[C@@H](CCC(=O)N[C@@H](CSCC(CS[C@@H]1O[C@H](CO)[C@@H](O)[C@H](O)[C@H]1O)SCCNC(=S)Nc1ccc(-c2c3ccc(=O)cc-3oc3cc(O)ccc23)c(C(=O)O)c1)C(=O)NCC(=O)O)C(=O)O. The van der Waals surface area contributed by atoms with Crippen molar-refractivity contribution >= 4 is 99.0 Å². The van der Waals surface area contributed by atoms with Crippen molar-refractivity contribution in [1.29, 1.82) is 0 Å². The van der Waals surface area contributed by atoms with Gasteiger partial charge in [-0.25, -0.2) is 4.79 Å². The summed E-state index contributed by atoms with van der Waals surface area (Å²) in [5.41, 5.74) is 5.85. The van der Waals surface area contributed by atoms with Crippen LogP contribution in [0, 0.1) is 0 Å². The molecule has 25 heteroatoms. The number of aliphatic hydroxyl groups is 4. The summed E-state index contributed by atoms with van der Waals surface area (Å²) >= 11 is 9.29. The lowest BCUT2D eigenvalue weighted by molar-refractivity contribution is -0.205. The standard InChI is InChI=1S/C42H49N5O16S4/c43-27(40(60)61)7-8-32(51)47-28(38(57)45-14-33(52)53)18-65-16-22(17-67-41-37(56)36(55)35(54)31(15-48)63-41)66-10-9-44-42(64)46-19-1-4-23(26(11-19)39(58)59)34-24-5-2-20(49)12-29(24)62-30-13-21(50)3-6-25(30)34/h1-6,11-13,22,27-28,31,35-37,41,48-49,54-56H,7-10,14-18,43H2,(H,45,57)(H,47,51)(H,52,53)(H,58,59)(H,60,61)(H2,44,46,64)/t22?,27-,28-,31+,35+,36-,37+,41-/m0/s1. The molecule has 2 aromatic carbocycles. The van der Waals surface area contributed by atoms with Gasteiger partial charge in [-0.2, -0.15) is 23.5 Å². The number of hydrogen-bond donors (Lipinski definition) is 13. The number of amides is 2. The van der Waals surface area contributed by atoms with E-state index in [9.17, 15) is 59.4 Å². The van der Waals surface area contributed by atoms with Crippen molar-refractivity contribution in [3.63, 3.8) is 0 Å². The molecule has 1 fully saturated rings. The van der Waals surface area contributed by atoms with Gasteiger partial charge in [-0.1, -0.05) is 6.07 Å². The number of rotatable bonds is 23. The molecule has 1 aliphatic carbocycles. The number of fused-ring (bicyclic) bond motifs is 2. The predicted molar refractivity (Wildman–Crippen MR) is 255 cm³/mol. The zero-order valence-electron chi connectivity index (χ0n) is 35.2. The van der Waals surface area contributed by atoms with Gasteiger partial charge in [0.1, 0.15) is 65.6 Å². The number of thiocarbonyl (C=S) groups is 1. The van der Waals surface area contributed by atoms with Gasteiger partial charge in [-0.05, 0) is 60.6 Å². The van der Waals surface area contributed by atoms with Crippen molar-refractivity contribution in [3.8, 4) is 28.2 Å². The second-order valence-electron chi connectivity index (χ2n) is 15.0. The fourth-order valence-corrected chi connectivity index (χ4v) is 11.1. The number of carbonyl (C=O) groups excluding carboxylic acids is 2. The van der Waals surface area contributed by atoms with E-state index in [1.807, 2.05) is 0 Å². The van der Waals surface area contributed by atoms with Gasteiger partial charge in [-0.3, -0.25) is 24.0 Å². The molecule has 2 aromatic rings. The molecule has 21 nitrogen and oxygen atoms in total. The number of aliphatic hydroxyl groups excluding tert-OH is 4. The van der Waals surface area contributed by atoms with E-state index < -0.39 is 84.8 Å². The van der Waals surface area contributed by atoms with E-state index in [4.69, 9.17) is 37.3 Å². The number of benzene rings is 3. The zero-order chi connectivity index (χ0) is 48.9. The van der Waals surface area contributed by atoms with E-state index in [2.05, 4.69) is 21.3 Å². The number of aromatic hydroxyl groups is 1. The van der Waals surface area contributed by atoms with Gasteiger partial charge in [0.2, 0.25) is 11.8 Å². The van der Waals surface area contributed by atoms with Crippen LogP contribution in [0.3, 0.4) is 0 Å². The number of carbonyl (C=O) groups is 5. The Labute approximate surface area is 399 Å². The number of carboxylic acids is 3. The minimum absolute atomic E-state index is 0.0377. The second kappa shape index (κ2) is 24.7. The van der Waals surface area contributed by atoms with Gasteiger partial charge in [0, 0.05) is 75.6 Å². The molecule has 2 aliphatic heterocycles. The summed E-state index contributed by atoms with van der Waals surface area (Å²) < 4.78 is 11.6. The Balaban J connectivity index is 1.25. The van der Waals surface area contributed by atoms with E-state index >= 15 is 0 Å². The van der Waals surface area contributed by atoms with Crippen LogP contribution in [0.4, 0.5) is 5.69 Å². The summed E-state index contributed by atoms with van der Waals surface area (Å²) in [5, 5.41) is 90.6. The second-order valence-corrected chi connectivity index (χ2v) is 19.1. The molecular formula is C42H49N5O16S4. The van der Waals surface area contributed by atoms with Crippen LogP contribution in [0.2, 0.25) is 0 Å². The number of nitrogens with one attached hydrogen (secondary N) is 4. The Kier molecular flexibility index (Phi) is 19.4. The highest BCUT2D eigenvalue weighted by Crippen LogP contribution is 2.42. The van der Waals surface area contributed by atoms with Gasteiger partial charge < -0.3 is 77.0 Å². The number of phenols is 1. The van der Waals surface area contributed by atoms with Gasteiger partial charge in [0.05, 0.1) is 12.2 Å². The van der Waals surface area contributed by atoms with Crippen LogP contribution >= 0.6 is 47.5 Å². The third-order valence-electron chi connectivity index (χ3n) is 10.1. The summed E-state index contributed by atoms with van der Waals surface area (Å²) in [6, 6.07) is 10.6. The van der Waals surface area contributed by atoms with Crippen LogP contribution in [-0.4, -0.2) is 166 Å². The molecule has 0 bridgehead atoms. The first-order valence-corrected chi connectivity index (χ1v) is 24.0. The first-order valence-electron chi connectivity index (χ1n) is 20.4. The molecule has 3 aliphatic rings. The molecule has 0 spiro atoms. The molecule has 1 saturated heterocycles. The average molecular weight is 1010 g/mol. The maximum atomic E-state index is 12.9. The molecule has 67 heavy (non-hydrogen) atoms. The normalized spacial score (nSPS) is 19.5. The quantitative estimate of drug-likeness (QED) is 0.0273. The Morgan fingerprint density at radius 2 is 1.63 bits per heavy atom. The minimum Gasteiger partial charge on any atom is -0.508 e. The molecule has 0 aromatic heterocycles. The van der Waals surface area contributed by atoms with Gasteiger partial charge in [0.15, 0.2) is 10.5 Å². The zero-order valence-corrected chi connectivity index (χ0v) is 38.5. The minimum atomic E-state index is -1.60. The first-order chi connectivity index (χ1) is 31.9. The number of nitrogens with two attached hydrogens (primary N) is 1. The third kappa shape index (κ3) is 14.6. The van der Waals surface area contributed by atoms with Gasteiger partial charge in [-0.15, -0.1) is 11.8 Å². The topological polar surface area (TPSA) is 361 Å². The Bertz CT molecular complexity index is 2460. The number of aromatic carboxylic acids is 1. The lowest BCUT2D eigenvalue weighted by Gasteiger charge is -2.40. The van der Waals surface area contributed by atoms with E-state index in [0.29, 0.717) is 39.3 Å². The maximum Gasteiger partial charge on any atom is 0.336 e. The predicted octanol–water partition coefficient (Wildman–Crippen LogP) is 0.501. The highest BCUT2D eigenvalue weighted by molar-refractivity contribution is 8.05. The molecule has 0 radical (unpaired) electrons. The molecule has 0 saturated carbocycles. The highest BCUT2D eigenvalue weighted by Gasteiger charge is 2.43. The fourth-order valence-electron chi connectivity index (χ4n) is 6.75. The van der Waals surface area contributed by atoms with Gasteiger partial charge in [0.25, 0.3) is 0 Å². The smallest absolute Gasteiger partial charge is 0.336 e. The van der Waals surface area contributed by atoms with Crippen LogP contribution < -0.4 is 32.4 Å². The van der Waals surface area contributed by atoms with Crippen LogP contribution in [-0.2, 0) is 23.9 Å². The molecule has 14 N–H and O–H groups in total. The van der Waals surface area contributed by atoms with E-state index in [1.165, 1.54) is 53.9 Å². The van der Waals surface area contributed by atoms with E-state index in [1.54, 1.807) is 24.3 Å². The first kappa shape index (κ1) is 52.7. The van der Waals surface area contributed by atoms with Crippen LogP contribution in [0.5, 0.6) is 5.75 Å². The summed E-state index contributed by atoms with van der Waals surface area (Å²) in [5.74, 6) is -4.31. The summed E-state index contributed by atoms with van der Waals surface area (Å²) in [7, 11) is 0. The number of ether oxygens (including phenoxy) is 1. The Hall–Kier alpha value is -5.22. The average Bonchev–Trinajstić information content (AvgIpc) is 3.28. The number of phenolic OH excluding ortho intramolecular Hbond substituents is 1. The van der Waals surface area contributed by atoms with Crippen molar-refractivity contribution in [2.24, 2.45) is 5.73 Å². The lowest BCUT2D eigenvalue weighted by Crippen LogP contribution is -2.57. The van der Waals surface area contributed by atoms with Crippen LogP contribution in [0.25, 0.3) is 33.4 Å². The van der Waals surface area contributed by atoms with Crippen molar-refractivity contribution in [1.82, 2.24) is 16.0 Å². The molecule has 1 unspecified atom stereocenters. The molecular weight excluding hydrogens is 959 g/mol. The van der Waals surface area contributed by atoms with Crippen molar-refractivity contribution in [3.05, 3.63) is 70.4 Å². The summed E-state index contributed by atoms with van der Waals surface area (Å²) in [6.45, 7) is -1.06. The third-order valence-corrected chi connectivity index (χ3v) is 14.6. The molecule has 362 valence electrons.